The molecule has 1 atom stereocenters. The minimum absolute atomic E-state index is 0.164. The molecule has 0 saturated carbocycles. The predicted molar refractivity (Wildman–Crippen MR) is 84.9 cm³/mol. The summed E-state index contributed by atoms with van der Waals surface area (Å²) in [6, 6.07) is 14.0. The minimum Gasteiger partial charge on any atom is -0.365 e. The van der Waals surface area contributed by atoms with Crippen LogP contribution in [0, 0.1) is 12.7 Å². The van der Waals surface area contributed by atoms with E-state index in [1.165, 1.54) is 16.8 Å². The molecule has 21 heavy (non-hydrogen) atoms. The molecule has 1 aliphatic heterocycles. The summed E-state index contributed by atoms with van der Waals surface area (Å²) in [5.74, 6) is -0.164. The molecular formula is C18H21FN2. The van der Waals surface area contributed by atoms with Crippen molar-refractivity contribution < 1.29 is 4.39 Å². The molecule has 0 aromatic heterocycles. The molecule has 2 aromatic rings. The Kier molecular flexibility index (Phi) is 3.93. The lowest BCUT2D eigenvalue weighted by Crippen LogP contribution is -2.35. The van der Waals surface area contributed by atoms with Crippen LogP contribution in [0.2, 0.25) is 0 Å². The molecule has 1 N–H and O–H groups in total. The van der Waals surface area contributed by atoms with Crippen molar-refractivity contribution in [3.05, 3.63) is 65.0 Å². The van der Waals surface area contributed by atoms with Crippen molar-refractivity contribution in [2.24, 2.45) is 0 Å². The van der Waals surface area contributed by atoms with Crippen LogP contribution >= 0.6 is 0 Å². The summed E-state index contributed by atoms with van der Waals surface area (Å²) in [6.07, 6.45) is 0. The molecule has 3 rings (SSSR count). The van der Waals surface area contributed by atoms with E-state index in [1.54, 1.807) is 12.1 Å². The highest BCUT2D eigenvalue weighted by molar-refractivity contribution is 5.55. The first-order valence-electron chi connectivity index (χ1n) is 7.45. The molecule has 2 nitrogen and oxygen atoms in total. The van der Waals surface area contributed by atoms with Gasteiger partial charge in [0.25, 0.3) is 0 Å². The van der Waals surface area contributed by atoms with Gasteiger partial charge in [-0.3, -0.25) is 0 Å². The van der Waals surface area contributed by atoms with Gasteiger partial charge < -0.3 is 10.2 Å². The molecular weight excluding hydrogens is 263 g/mol. The third kappa shape index (κ3) is 3.08. The van der Waals surface area contributed by atoms with Gasteiger partial charge in [0, 0.05) is 31.4 Å². The maximum Gasteiger partial charge on any atom is 0.123 e. The van der Waals surface area contributed by atoms with Crippen molar-refractivity contribution >= 4 is 5.69 Å². The van der Waals surface area contributed by atoms with E-state index in [9.17, 15) is 4.39 Å². The van der Waals surface area contributed by atoms with E-state index in [0.717, 1.165) is 25.2 Å². The first-order valence-corrected chi connectivity index (χ1v) is 7.45. The third-order valence-electron chi connectivity index (χ3n) is 4.13. The topological polar surface area (TPSA) is 15.3 Å². The van der Waals surface area contributed by atoms with Crippen molar-refractivity contribution in [3.8, 4) is 0 Å². The number of hydrogen-bond acceptors (Lipinski definition) is 2. The SMILES string of the molecule is Cc1cc(F)ccc1CN1CC(C)NCc2ccccc21. The Morgan fingerprint density at radius 2 is 2.05 bits per heavy atom. The van der Waals surface area contributed by atoms with Gasteiger partial charge in [0.2, 0.25) is 0 Å². The number of para-hydroxylation sites is 1. The molecule has 0 aliphatic carbocycles. The first kappa shape index (κ1) is 14.1. The fraction of sp³-hybridized carbons (Fsp3) is 0.333. The van der Waals surface area contributed by atoms with E-state index in [1.807, 2.05) is 13.0 Å². The Labute approximate surface area is 125 Å². The molecule has 0 amide bonds. The van der Waals surface area contributed by atoms with Gasteiger partial charge in [-0.05, 0) is 48.7 Å². The van der Waals surface area contributed by atoms with Crippen LogP contribution in [0.5, 0.6) is 0 Å². The van der Waals surface area contributed by atoms with Crippen LogP contribution in [-0.2, 0) is 13.1 Å². The monoisotopic (exact) mass is 284 g/mol. The lowest BCUT2D eigenvalue weighted by atomic mass is 10.1. The van der Waals surface area contributed by atoms with Crippen molar-refractivity contribution in [1.29, 1.82) is 0 Å². The fourth-order valence-corrected chi connectivity index (χ4v) is 2.94. The van der Waals surface area contributed by atoms with E-state index in [-0.39, 0.29) is 5.82 Å². The second-order valence-corrected chi connectivity index (χ2v) is 5.86. The summed E-state index contributed by atoms with van der Waals surface area (Å²) < 4.78 is 13.3. The second-order valence-electron chi connectivity index (χ2n) is 5.86. The highest BCUT2D eigenvalue weighted by Gasteiger charge is 2.19. The highest BCUT2D eigenvalue weighted by atomic mass is 19.1. The van der Waals surface area contributed by atoms with Gasteiger partial charge in [-0.1, -0.05) is 24.3 Å². The van der Waals surface area contributed by atoms with Gasteiger partial charge in [0.05, 0.1) is 0 Å². The number of aryl methyl sites for hydroxylation is 1. The van der Waals surface area contributed by atoms with Crippen LogP contribution < -0.4 is 10.2 Å². The zero-order valence-electron chi connectivity index (χ0n) is 12.6. The van der Waals surface area contributed by atoms with Crippen molar-refractivity contribution in [2.75, 3.05) is 11.4 Å². The number of rotatable bonds is 2. The molecule has 3 heteroatoms. The normalized spacial score (nSPS) is 18.2. The number of nitrogens with one attached hydrogen (secondary N) is 1. The summed E-state index contributed by atoms with van der Waals surface area (Å²) in [6.45, 7) is 6.85. The lowest BCUT2D eigenvalue weighted by Gasteiger charge is -2.27. The van der Waals surface area contributed by atoms with E-state index >= 15 is 0 Å². The molecule has 0 bridgehead atoms. The summed E-state index contributed by atoms with van der Waals surface area (Å²) in [4.78, 5) is 2.39. The number of anilines is 1. The largest absolute Gasteiger partial charge is 0.365 e. The van der Waals surface area contributed by atoms with Crippen LogP contribution in [0.1, 0.15) is 23.6 Å². The third-order valence-corrected chi connectivity index (χ3v) is 4.13. The second kappa shape index (κ2) is 5.86. The Morgan fingerprint density at radius 3 is 2.86 bits per heavy atom. The van der Waals surface area contributed by atoms with Crippen LogP contribution in [0.3, 0.4) is 0 Å². The van der Waals surface area contributed by atoms with Crippen LogP contribution in [0.4, 0.5) is 10.1 Å². The zero-order valence-corrected chi connectivity index (χ0v) is 12.6. The maximum absolute atomic E-state index is 13.3. The molecule has 110 valence electrons. The van der Waals surface area contributed by atoms with Crippen LogP contribution in [0.25, 0.3) is 0 Å². The molecule has 1 unspecified atom stereocenters. The highest BCUT2D eigenvalue weighted by Crippen LogP contribution is 2.26. The first-order chi connectivity index (χ1) is 10.1. The summed E-state index contributed by atoms with van der Waals surface area (Å²) in [5.41, 5.74) is 4.79. The summed E-state index contributed by atoms with van der Waals surface area (Å²) in [5, 5.41) is 3.54. The number of halogens is 1. The van der Waals surface area contributed by atoms with Crippen LogP contribution in [0.15, 0.2) is 42.5 Å². The van der Waals surface area contributed by atoms with E-state index in [4.69, 9.17) is 0 Å². The Morgan fingerprint density at radius 1 is 1.24 bits per heavy atom. The Hall–Kier alpha value is -1.87. The average molecular weight is 284 g/mol. The Balaban J connectivity index is 1.92. The Bertz CT molecular complexity index is 639. The summed E-state index contributed by atoms with van der Waals surface area (Å²) >= 11 is 0. The number of benzene rings is 2. The van der Waals surface area contributed by atoms with E-state index in [0.29, 0.717) is 6.04 Å². The van der Waals surface area contributed by atoms with Gasteiger partial charge in [0.1, 0.15) is 5.82 Å². The van der Waals surface area contributed by atoms with Crippen LogP contribution in [-0.4, -0.2) is 12.6 Å². The molecule has 0 spiro atoms. The predicted octanol–water partition coefficient (Wildman–Crippen LogP) is 3.63. The fourth-order valence-electron chi connectivity index (χ4n) is 2.94. The number of fused-ring (bicyclic) bond motifs is 1. The van der Waals surface area contributed by atoms with Gasteiger partial charge in [-0.25, -0.2) is 4.39 Å². The molecule has 1 heterocycles. The quantitative estimate of drug-likeness (QED) is 0.906. The molecule has 0 saturated heterocycles. The minimum atomic E-state index is -0.164. The smallest absolute Gasteiger partial charge is 0.123 e. The number of nitrogens with zero attached hydrogens (tertiary/aromatic N) is 1. The maximum atomic E-state index is 13.3. The lowest BCUT2D eigenvalue weighted by molar-refractivity contribution is 0.552. The standard InChI is InChI=1S/C18H21FN2/c1-13-9-17(19)8-7-16(13)12-21-11-14(2)20-10-15-5-3-4-6-18(15)21/h3-9,14,20H,10-12H2,1-2H3. The molecule has 0 fully saturated rings. The van der Waals surface area contributed by atoms with E-state index in [2.05, 4.69) is 41.4 Å². The van der Waals surface area contributed by atoms with Gasteiger partial charge in [0.15, 0.2) is 0 Å². The van der Waals surface area contributed by atoms with Gasteiger partial charge in [-0.2, -0.15) is 0 Å². The number of hydrogen-bond donors (Lipinski definition) is 1. The van der Waals surface area contributed by atoms with Crippen molar-refractivity contribution in [1.82, 2.24) is 5.32 Å². The average Bonchev–Trinajstić information content (AvgIpc) is 2.62. The van der Waals surface area contributed by atoms with Crippen molar-refractivity contribution in [3.63, 3.8) is 0 Å². The van der Waals surface area contributed by atoms with Gasteiger partial charge in [-0.15, -0.1) is 0 Å². The van der Waals surface area contributed by atoms with Crippen molar-refractivity contribution in [2.45, 2.75) is 33.0 Å². The summed E-state index contributed by atoms with van der Waals surface area (Å²) in [7, 11) is 0. The van der Waals surface area contributed by atoms with Gasteiger partial charge >= 0.3 is 0 Å². The van der Waals surface area contributed by atoms with E-state index < -0.39 is 0 Å². The molecule has 1 aliphatic rings. The molecule has 0 radical (unpaired) electrons. The molecule has 2 aromatic carbocycles. The zero-order chi connectivity index (χ0) is 14.8.